The summed E-state index contributed by atoms with van der Waals surface area (Å²) in [5.41, 5.74) is 0. The average molecular weight is 154 g/mol. The van der Waals surface area contributed by atoms with Gasteiger partial charge >= 0.3 is 0 Å². The lowest BCUT2D eigenvalue weighted by molar-refractivity contribution is -0.108. The van der Waals surface area contributed by atoms with E-state index in [4.69, 9.17) is 0 Å². The fourth-order valence-electron chi connectivity index (χ4n) is 1.21. The SMILES string of the molecule is C=CCC[C@@H](CC)CCC=O. The molecule has 0 unspecified atom stereocenters. The van der Waals surface area contributed by atoms with Gasteiger partial charge in [-0.1, -0.05) is 19.4 Å². The first-order chi connectivity index (χ1) is 5.35. The molecule has 1 heteroatoms. The van der Waals surface area contributed by atoms with Gasteiger partial charge in [0.25, 0.3) is 0 Å². The Hall–Kier alpha value is -0.590. The van der Waals surface area contributed by atoms with Crippen molar-refractivity contribution in [2.75, 3.05) is 0 Å². The Labute approximate surface area is 69.5 Å². The highest BCUT2D eigenvalue weighted by Crippen LogP contribution is 2.16. The summed E-state index contributed by atoms with van der Waals surface area (Å²) in [6, 6.07) is 0. The lowest BCUT2D eigenvalue weighted by Crippen LogP contribution is -1.98. The van der Waals surface area contributed by atoms with E-state index in [0.717, 1.165) is 31.5 Å². The topological polar surface area (TPSA) is 17.1 Å². The van der Waals surface area contributed by atoms with Crippen LogP contribution in [-0.4, -0.2) is 6.29 Å². The summed E-state index contributed by atoms with van der Waals surface area (Å²) in [6.45, 7) is 5.86. The third kappa shape index (κ3) is 5.84. The van der Waals surface area contributed by atoms with Gasteiger partial charge in [0.05, 0.1) is 0 Å². The van der Waals surface area contributed by atoms with Gasteiger partial charge in [0.1, 0.15) is 6.29 Å². The predicted octanol–water partition coefficient (Wildman–Crippen LogP) is 2.96. The average Bonchev–Trinajstić information content (AvgIpc) is 2.05. The van der Waals surface area contributed by atoms with E-state index >= 15 is 0 Å². The number of hydrogen-bond acceptors (Lipinski definition) is 1. The summed E-state index contributed by atoms with van der Waals surface area (Å²) in [7, 11) is 0. The van der Waals surface area contributed by atoms with Crippen molar-refractivity contribution in [1.29, 1.82) is 0 Å². The lowest BCUT2D eigenvalue weighted by atomic mass is 9.95. The van der Waals surface area contributed by atoms with Crippen LogP contribution in [0.25, 0.3) is 0 Å². The van der Waals surface area contributed by atoms with E-state index in [0.29, 0.717) is 0 Å². The zero-order valence-corrected chi connectivity index (χ0v) is 7.38. The summed E-state index contributed by atoms with van der Waals surface area (Å²) >= 11 is 0. The van der Waals surface area contributed by atoms with Crippen molar-refractivity contribution in [1.82, 2.24) is 0 Å². The molecule has 0 radical (unpaired) electrons. The smallest absolute Gasteiger partial charge is 0.120 e. The molecule has 0 heterocycles. The molecule has 64 valence electrons. The minimum Gasteiger partial charge on any atom is -0.303 e. The van der Waals surface area contributed by atoms with E-state index in [-0.39, 0.29) is 0 Å². The molecule has 0 aromatic carbocycles. The first-order valence-corrected chi connectivity index (χ1v) is 4.39. The number of aldehydes is 1. The van der Waals surface area contributed by atoms with E-state index in [2.05, 4.69) is 13.5 Å². The number of carbonyl (C=O) groups excluding carboxylic acids is 1. The van der Waals surface area contributed by atoms with Crippen LogP contribution in [0.1, 0.15) is 39.0 Å². The fraction of sp³-hybridized carbons (Fsp3) is 0.700. The van der Waals surface area contributed by atoms with Crippen LogP contribution in [0.4, 0.5) is 0 Å². The maximum absolute atomic E-state index is 10.1. The number of hydrogen-bond donors (Lipinski definition) is 0. The Morgan fingerprint density at radius 3 is 2.45 bits per heavy atom. The third-order valence-corrected chi connectivity index (χ3v) is 2.05. The van der Waals surface area contributed by atoms with E-state index in [1.807, 2.05) is 6.08 Å². The standard InChI is InChI=1S/C10H18O/c1-3-5-7-10(4-2)8-6-9-11/h3,9-10H,1,4-8H2,2H3/t10-/m1/s1. The van der Waals surface area contributed by atoms with Gasteiger partial charge in [0, 0.05) is 6.42 Å². The second-order valence-corrected chi connectivity index (χ2v) is 2.88. The Morgan fingerprint density at radius 1 is 1.36 bits per heavy atom. The largest absolute Gasteiger partial charge is 0.303 e. The zero-order chi connectivity index (χ0) is 8.53. The van der Waals surface area contributed by atoms with Crippen molar-refractivity contribution in [3.05, 3.63) is 12.7 Å². The van der Waals surface area contributed by atoms with Gasteiger partial charge in [-0.05, 0) is 25.2 Å². The zero-order valence-electron chi connectivity index (χ0n) is 7.38. The van der Waals surface area contributed by atoms with Crippen molar-refractivity contribution < 1.29 is 4.79 Å². The highest BCUT2D eigenvalue weighted by molar-refractivity contribution is 5.49. The Kier molecular flexibility index (Phi) is 7.11. The molecule has 0 aromatic rings. The maximum Gasteiger partial charge on any atom is 0.120 e. The molecule has 0 N–H and O–H groups in total. The summed E-state index contributed by atoms with van der Waals surface area (Å²) in [5, 5.41) is 0. The van der Waals surface area contributed by atoms with Crippen LogP contribution in [0.15, 0.2) is 12.7 Å². The summed E-state index contributed by atoms with van der Waals surface area (Å²) in [6.07, 6.45) is 8.18. The quantitative estimate of drug-likeness (QED) is 0.407. The van der Waals surface area contributed by atoms with Gasteiger partial charge in [-0.15, -0.1) is 6.58 Å². The van der Waals surface area contributed by atoms with Crippen molar-refractivity contribution in [3.8, 4) is 0 Å². The van der Waals surface area contributed by atoms with Crippen LogP contribution in [0.3, 0.4) is 0 Å². The van der Waals surface area contributed by atoms with E-state index in [1.165, 1.54) is 12.8 Å². The monoisotopic (exact) mass is 154 g/mol. The van der Waals surface area contributed by atoms with Crippen LogP contribution in [0.2, 0.25) is 0 Å². The lowest BCUT2D eigenvalue weighted by Gasteiger charge is -2.10. The second-order valence-electron chi connectivity index (χ2n) is 2.88. The van der Waals surface area contributed by atoms with Crippen LogP contribution < -0.4 is 0 Å². The minimum absolute atomic E-state index is 0.718. The van der Waals surface area contributed by atoms with Gasteiger partial charge in [0.2, 0.25) is 0 Å². The Bertz CT molecular complexity index is 95.4. The Morgan fingerprint density at radius 2 is 2.00 bits per heavy atom. The third-order valence-electron chi connectivity index (χ3n) is 2.05. The van der Waals surface area contributed by atoms with Gasteiger partial charge in [-0.25, -0.2) is 0 Å². The van der Waals surface area contributed by atoms with Gasteiger partial charge in [-0.3, -0.25) is 0 Å². The maximum atomic E-state index is 10.1. The van der Waals surface area contributed by atoms with Crippen LogP contribution >= 0.6 is 0 Å². The van der Waals surface area contributed by atoms with Gasteiger partial charge in [-0.2, -0.15) is 0 Å². The molecule has 0 rings (SSSR count). The summed E-state index contributed by atoms with van der Waals surface area (Å²) in [4.78, 5) is 10.1. The van der Waals surface area contributed by atoms with Gasteiger partial charge in [0.15, 0.2) is 0 Å². The molecule has 0 bridgehead atoms. The fourth-order valence-corrected chi connectivity index (χ4v) is 1.21. The molecule has 0 amide bonds. The molecule has 0 aliphatic carbocycles. The molecule has 0 spiro atoms. The highest BCUT2D eigenvalue weighted by atomic mass is 16.1. The van der Waals surface area contributed by atoms with Gasteiger partial charge < -0.3 is 4.79 Å². The highest BCUT2D eigenvalue weighted by Gasteiger charge is 2.03. The van der Waals surface area contributed by atoms with Crippen molar-refractivity contribution in [2.45, 2.75) is 39.0 Å². The number of allylic oxidation sites excluding steroid dienone is 1. The van der Waals surface area contributed by atoms with Crippen molar-refractivity contribution >= 4 is 6.29 Å². The molecule has 0 aliphatic rings. The van der Waals surface area contributed by atoms with Crippen LogP contribution in [0.5, 0.6) is 0 Å². The summed E-state index contributed by atoms with van der Waals surface area (Å²) in [5.74, 6) is 0.721. The van der Waals surface area contributed by atoms with Crippen molar-refractivity contribution in [2.24, 2.45) is 5.92 Å². The van der Waals surface area contributed by atoms with Crippen LogP contribution in [0, 0.1) is 5.92 Å². The van der Waals surface area contributed by atoms with E-state index in [1.54, 1.807) is 0 Å². The normalized spacial score (nSPS) is 12.5. The number of carbonyl (C=O) groups is 1. The molecular formula is C10H18O. The van der Waals surface area contributed by atoms with Crippen LogP contribution in [-0.2, 0) is 4.79 Å². The first kappa shape index (κ1) is 10.4. The first-order valence-electron chi connectivity index (χ1n) is 4.39. The molecular weight excluding hydrogens is 136 g/mol. The second kappa shape index (κ2) is 7.52. The molecule has 0 fully saturated rings. The number of rotatable bonds is 7. The van der Waals surface area contributed by atoms with Crippen molar-refractivity contribution in [3.63, 3.8) is 0 Å². The molecule has 0 aromatic heterocycles. The molecule has 0 aliphatic heterocycles. The van der Waals surface area contributed by atoms with E-state index in [9.17, 15) is 4.79 Å². The molecule has 0 saturated heterocycles. The summed E-state index contributed by atoms with van der Waals surface area (Å²) < 4.78 is 0. The van der Waals surface area contributed by atoms with E-state index < -0.39 is 0 Å². The minimum atomic E-state index is 0.718. The predicted molar refractivity (Wildman–Crippen MR) is 48.5 cm³/mol. The molecule has 1 nitrogen and oxygen atoms in total. The Balaban J connectivity index is 3.39. The molecule has 1 atom stereocenters. The molecule has 0 saturated carbocycles. The molecule has 11 heavy (non-hydrogen) atoms.